The van der Waals surface area contributed by atoms with Crippen molar-refractivity contribution in [2.75, 3.05) is 18.4 Å². The lowest BCUT2D eigenvalue weighted by atomic mass is 9.98. The second-order valence-electron chi connectivity index (χ2n) is 9.17. The summed E-state index contributed by atoms with van der Waals surface area (Å²) in [6, 6.07) is 17.3. The Bertz CT molecular complexity index is 1300. The number of amides is 1. The third-order valence-electron chi connectivity index (χ3n) is 6.26. The van der Waals surface area contributed by atoms with Crippen LogP contribution in [-0.2, 0) is 14.8 Å². The Morgan fingerprint density at radius 2 is 1.83 bits per heavy atom. The second-order valence-corrected chi connectivity index (χ2v) is 11.0. The van der Waals surface area contributed by atoms with Gasteiger partial charge in [0.2, 0.25) is 15.9 Å². The van der Waals surface area contributed by atoms with Crippen molar-refractivity contribution in [3.05, 3.63) is 77.2 Å². The van der Waals surface area contributed by atoms with Crippen LogP contribution in [0.5, 0.6) is 0 Å². The molecule has 0 aliphatic carbocycles. The van der Waals surface area contributed by atoms with Gasteiger partial charge in [0.25, 0.3) is 0 Å². The summed E-state index contributed by atoms with van der Waals surface area (Å²) < 4.78 is 33.9. The van der Waals surface area contributed by atoms with Crippen LogP contribution in [0, 0.1) is 12.8 Å². The van der Waals surface area contributed by atoms with Crippen LogP contribution >= 0.6 is 0 Å². The molecule has 1 unspecified atom stereocenters. The molecule has 1 amide bonds. The van der Waals surface area contributed by atoms with Gasteiger partial charge >= 0.3 is 0 Å². The summed E-state index contributed by atoms with van der Waals surface area (Å²) >= 11 is 0. The van der Waals surface area contributed by atoms with E-state index >= 15 is 0 Å². The molecule has 4 rings (SSSR count). The third-order valence-corrected chi connectivity index (χ3v) is 8.28. The summed E-state index contributed by atoms with van der Waals surface area (Å²) in [5.41, 5.74) is 3.12. The van der Waals surface area contributed by atoms with Crippen molar-refractivity contribution in [2.24, 2.45) is 5.92 Å². The second kappa shape index (κ2) is 10.6. The number of piperidine rings is 1. The fourth-order valence-electron chi connectivity index (χ4n) is 4.23. The number of anilines is 1. The summed E-state index contributed by atoms with van der Waals surface area (Å²) in [6.45, 7) is 6.31. The molecule has 35 heavy (non-hydrogen) atoms. The van der Waals surface area contributed by atoms with Crippen LogP contribution < -0.4 is 5.32 Å². The van der Waals surface area contributed by atoms with E-state index in [0.29, 0.717) is 36.7 Å². The van der Waals surface area contributed by atoms with Crippen LogP contribution in [0.15, 0.2) is 64.0 Å². The number of nitrogens with zero attached hydrogens (tertiary/aromatic N) is 2. The molecule has 1 aliphatic heterocycles. The zero-order chi connectivity index (χ0) is 25.0. The lowest BCUT2D eigenvalue weighted by Crippen LogP contribution is -2.43. The highest BCUT2D eigenvalue weighted by atomic mass is 32.2. The van der Waals surface area contributed by atoms with E-state index in [0.717, 1.165) is 5.56 Å². The number of hydrogen-bond donors (Lipinski definition) is 1. The normalized spacial score (nSPS) is 17.2. The van der Waals surface area contributed by atoms with Gasteiger partial charge in [-0.25, -0.2) is 8.42 Å². The smallest absolute Gasteiger partial charge is 0.248 e. The number of benzene rings is 2. The molecule has 0 spiro atoms. The lowest BCUT2D eigenvalue weighted by molar-refractivity contribution is -0.120. The van der Waals surface area contributed by atoms with Crippen LogP contribution in [0.4, 0.5) is 5.69 Å². The van der Waals surface area contributed by atoms with Gasteiger partial charge in [0.05, 0.1) is 5.92 Å². The molecule has 2 aromatic carbocycles. The van der Waals surface area contributed by atoms with Crippen molar-refractivity contribution in [1.29, 1.82) is 0 Å². The van der Waals surface area contributed by atoms with Gasteiger partial charge in [-0.15, -0.1) is 0 Å². The molecule has 184 valence electrons. The van der Waals surface area contributed by atoms with Gasteiger partial charge in [0.15, 0.2) is 10.7 Å². The quantitative estimate of drug-likeness (QED) is 0.481. The summed E-state index contributed by atoms with van der Waals surface area (Å²) in [6.07, 6.45) is 4.64. The van der Waals surface area contributed by atoms with Gasteiger partial charge in [0.1, 0.15) is 5.69 Å². The van der Waals surface area contributed by atoms with Crippen LogP contribution in [0.25, 0.3) is 12.2 Å². The van der Waals surface area contributed by atoms with Crippen molar-refractivity contribution >= 4 is 33.8 Å². The maximum atomic E-state index is 13.6. The zero-order valence-electron chi connectivity index (χ0n) is 20.3. The number of carbonyl (C=O) groups excluding carboxylic acids is 1. The molecule has 1 atom stereocenters. The summed E-state index contributed by atoms with van der Waals surface area (Å²) in [4.78, 5) is 13.0. The zero-order valence-corrected chi connectivity index (χ0v) is 21.1. The van der Waals surface area contributed by atoms with E-state index in [-0.39, 0.29) is 23.1 Å². The Hall–Kier alpha value is -3.23. The van der Waals surface area contributed by atoms with Crippen molar-refractivity contribution in [1.82, 2.24) is 9.46 Å². The molecule has 1 aromatic heterocycles. The van der Waals surface area contributed by atoms with Gasteiger partial charge in [0, 0.05) is 18.8 Å². The highest BCUT2D eigenvalue weighted by molar-refractivity contribution is 7.89. The summed E-state index contributed by atoms with van der Waals surface area (Å²) in [5.74, 6) is -0.0199. The van der Waals surface area contributed by atoms with E-state index in [1.165, 1.54) is 9.87 Å². The molecule has 1 N–H and O–H groups in total. The molecular weight excluding hydrogens is 462 g/mol. The topological polar surface area (TPSA) is 92.5 Å². The lowest BCUT2D eigenvalue weighted by Gasteiger charge is -2.31. The largest absolute Gasteiger partial charge is 0.355 e. The van der Waals surface area contributed by atoms with Crippen molar-refractivity contribution < 1.29 is 17.7 Å². The van der Waals surface area contributed by atoms with Crippen LogP contribution in [-0.4, -0.2) is 36.9 Å². The van der Waals surface area contributed by atoms with E-state index in [4.69, 9.17) is 4.52 Å². The van der Waals surface area contributed by atoms with Crippen LogP contribution in [0.2, 0.25) is 0 Å². The molecule has 7 nitrogen and oxygen atoms in total. The molecule has 0 saturated carbocycles. The minimum absolute atomic E-state index is 0.0509. The average molecular weight is 494 g/mol. The molecule has 0 radical (unpaired) electrons. The molecule has 8 heteroatoms. The van der Waals surface area contributed by atoms with Crippen LogP contribution in [0.3, 0.4) is 0 Å². The number of sulfonamides is 1. The highest BCUT2D eigenvalue weighted by Crippen LogP contribution is 2.30. The number of rotatable bonds is 7. The number of aromatic nitrogens is 1. The van der Waals surface area contributed by atoms with Gasteiger partial charge < -0.3 is 9.84 Å². The SMILES string of the molecule is Cc1noc(C=Cc2ccccc2)c1S(=O)(=O)N1CCCC(C(=O)Nc2ccc(C(C)C)cc2)C1. The Morgan fingerprint density at radius 3 is 2.51 bits per heavy atom. The van der Waals surface area contributed by atoms with Gasteiger partial charge in [-0.05, 0) is 55.0 Å². The molecule has 0 bridgehead atoms. The average Bonchev–Trinajstić information content (AvgIpc) is 3.25. The number of aryl methyl sites for hydroxylation is 1. The number of nitrogens with one attached hydrogen (secondary N) is 1. The Labute approximate surface area is 206 Å². The highest BCUT2D eigenvalue weighted by Gasteiger charge is 2.37. The van der Waals surface area contributed by atoms with E-state index in [9.17, 15) is 13.2 Å². The molecular formula is C27H31N3O4S. The predicted molar refractivity (Wildman–Crippen MR) is 137 cm³/mol. The first-order valence-corrected chi connectivity index (χ1v) is 13.3. The monoisotopic (exact) mass is 493 g/mol. The first-order chi connectivity index (χ1) is 16.8. The minimum atomic E-state index is -3.89. The Kier molecular flexibility index (Phi) is 7.52. The maximum Gasteiger partial charge on any atom is 0.248 e. The van der Waals surface area contributed by atoms with E-state index in [1.54, 1.807) is 19.1 Å². The van der Waals surface area contributed by atoms with Crippen molar-refractivity contribution in [3.63, 3.8) is 0 Å². The van der Waals surface area contributed by atoms with Crippen molar-refractivity contribution in [2.45, 2.75) is 44.4 Å². The summed E-state index contributed by atoms with van der Waals surface area (Å²) in [7, 11) is -3.89. The first-order valence-electron chi connectivity index (χ1n) is 11.9. The van der Waals surface area contributed by atoms with E-state index in [1.807, 2.05) is 54.6 Å². The van der Waals surface area contributed by atoms with Gasteiger partial charge in [-0.1, -0.05) is 67.5 Å². The predicted octanol–water partition coefficient (Wildman–Crippen LogP) is 5.32. The summed E-state index contributed by atoms with van der Waals surface area (Å²) in [5, 5.41) is 6.85. The number of carbonyl (C=O) groups is 1. The minimum Gasteiger partial charge on any atom is -0.355 e. The standard InChI is InChI=1S/C27H31N3O4S/c1-19(2)22-12-14-24(15-13-22)28-27(31)23-10-7-17-30(18-23)35(32,33)26-20(3)29-34-25(26)16-11-21-8-5-4-6-9-21/h4-6,8-9,11-16,19,23H,7,10,17-18H2,1-3H3,(H,28,31). The Balaban J connectivity index is 1.49. The fraction of sp³-hybridized carbons (Fsp3) is 0.333. The molecule has 1 saturated heterocycles. The van der Waals surface area contributed by atoms with E-state index in [2.05, 4.69) is 24.3 Å². The van der Waals surface area contributed by atoms with E-state index < -0.39 is 15.9 Å². The Morgan fingerprint density at radius 1 is 1.11 bits per heavy atom. The maximum absolute atomic E-state index is 13.6. The first kappa shape index (κ1) is 24.9. The third kappa shape index (κ3) is 5.71. The molecule has 3 aromatic rings. The fourth-order valence-corrected chi connectivity index (χ4v) is 6.01. The molecule has 2 heterocycles. The van der Waals surface area contributed by atoms with Crippen molar-refractivity contribution in [3.8, 4) is 0 Å². The van der Waals surface area contributed by atoms with Crippen LogP contribution in [0.1, 0.15) is 55.2 Å². The number of hydrogen-bond acceptors (Lipinski definition) is 5. The van der Waals surface area contributed by atoms with Gasteiger partial charge in [-0.3, -0.25) is 4.79 Å². The molecule has 1 aliphatic rings. The van der Waals surface area contributed by atoms with Gasteiger partial charge in [-0.2, -0.15) is 4.31 Å². The molecule has 1 fully saturated rings.